The average Bonchev–Trinajstić information content (AvgIpc) is 2.89. The minimum absolute atomic E-state index is 0.0950. The molecular formula is C15H28N2O2. The van der Waals surface area contributed by atoms with E-state index in [1.54, 1.807) is 0 Å². The molecule has 0 radical (unpaired) electrons. The molecule has 1 amide bonds. The molecule has 0 aromatic rings. The first-order valence-electron chi connectivity index (χ1n) is 7.91. The fraction of sp³-hybridized carbons (Fsp3) is 0.933. The van der Waals surface area contributed by atoms with Crippen LogP contribution in [0.25, 0.3) is 0 Å². The molecule has 2 fully saturated rings. The first-order valence-corrected chi connectivity index (χ1v) is 7.91. The molecule has 19 heavy (non-hydrogen) atoms. The SMILES string of the molecule is O=C(CC1CCCC1)NCCCN1CCC(O)CC1. The predicted molar refractivity (Wildman–Crippen MR) is 75.9 cm³/mol. The lowest BCUT2D eigenvalue weighted by Gasteiger charge is -2.29. The van der Waals surface area contributed by atoms with Crippen molar-refractivity contribution in [2.24, 2.45) is 5.92 Å². The molecule has 0 unspecified atom stereocenters. The number of aliphatic hydroxyl groups is 1. The second kappa shape index (κ2) is 7.85. The van der Waals surface area contributed by atoms with E-state index in [0.717, 1.165) is 51.9 Å². The number of rotatable bonds is 6. The molecule has 2 rings (SSSR count). The molecule has 0 aromatic heterocycles. The third-order valence-corrected chi connectivity index (χ3v) is 4.48. The second-order valence-electron chi connectivity index (χ2n) is 6.13. The van der Waals surface area contributed by atoms with Gasteiger partial charge < -0.3 is 15.3 Å². The molecule has 4 heteroatoms. The number of carbonyl (C=O) groups excluding carboxylic acids is 1. The third-order valence-electron chi connectivity index (χ3n) is 4.48. The van der Waals surface area contributed by atoms with Crippen LogP contribution in [0.2, 0.25) is 0 Å². The summed E-state index contributed by atoms with van der Waals surface area (Å²) in [4.78, 5) is 14.1. The number of carbonyl (C=O) groups is 1. The molecule has 0 spiro atoms. The molecule has 1 saturated carbocycles. The van der Waals surface area contributed by atoms with Gasteiger partial charge in [-0.1, -0.05) is 12.8 Å². The largest absolute Gasteiger partial charge is 0.393 e. The van der Waals surface area contributed by atoms with Gasteiger partial charge in [-0.2, -0.15) is 0 Å². The van der Waals surface area contributed by atoms with Crippen molar-refractivity contribution in [3.05, 3.63) is 0 Å². The summed E-state index contributed by atoms with van der Waals surface area (Å²) in [7, 11) is 0. The molecule has 2 aliphatic rings. The summed E-state index contributed by atoms with van der Waals surface area (Å²) >= 11 is 0. The minimum atomic E-state index is -0.0950. The van der Waals surface area contributed by atoms with E-state index in [1.165, 1.54) is 25.7 Å². The molecular weight excluding hydrogens is 240 g/mol. The van der Waals surface area contributed by atoms with Gasteiger partial charge in [0.15, 0.2) is 0 Å². The highest BCUT2D eigenvalue weighted by atomic mass is 16.3. The number of hydrogen-bond donors (Lipinski definition) is 2. The first kappa shape index (κ1) is 14.8. The van der Waals surface area contributed by atoms with Gasteiger partial charge >= 0.3 is 0 Å². The number of amides is 1. The zero-order valence-electron chi connectivity index (χ0n) is 11.9. The predicted octanol–water partition coefficient (Wildman–Crippen LogP) is 1.53. The summed E-state index contributed by atoms with van der Waals surface area (Å²) < 4.78 is 0. The molecule has 0 atom stereocenters. The van der Waals surface area contributed by atoms with E-state index in [0.29, 0.717) is 5.92 Å². The Morgan fingerprint density at radius 2 is 1.84 bits per heavy atom. The highest BCUT2D eigenvalue weighted by Gasteiger charge is 2.18. The van der Waals surface area contributed by atoms with Gasteiger partial charge in [-0.3, -0.25) is 4.79 Å². The lowest BCUT2D eigenvalue weighted by Crippen LogP contribution is -2.37. The van der Waals surface area contributed by atoms with E-state index >= 15 is 0 Å². The van der Waals surface area contributed by atoms with Crippen LogP contribution in [-0.2, 0) is 4.79 Å². The first-order chi connectivity index (χ1) is 9.24. The molecule has 1 aliphatic heterocycles. The summed E-state index contributed by atoms with van der Waals surface area (Å²) in [6.45, 7) is 3.83. The van der Waals surface area contributed by atoms with E-state index in [4.69, 9.17) is 0 Å². The number of likely N-dealkylation sites (tertiary alicyclic amines) is 1. The van der Waals surface area contributed by atoms with Crippen molar-refractivity contribution in [2.75, 3.05) is 26.2 Å². The quantitative estimate of drug-likeness (QED) is 0.718. The van der Waals surface area contributed by atoms with Gasteiger partial charge in [0.25, 0.3) is 0 Å². The van der Waals surface area contributed by atoms with Gasteiger partial charge in [0.05, 0.1) is 6.10 Å². The van der Waals surface area contributed by atoms with Crippen molar-refractivity contribution in [1.82, 2.24) is 10.2 Å². The maximum Gasteiger partial charge on any atom is 0.220 e. The maximum absolute atomic E-state index is 11.7. The van der Waals surface area contributed by atoms with Gasteiger partial charge in [-0.25, -0.2) is 0 Å². The molecule has 4 nitrogen and oxygen atoms in total. The van der Waals surface area contributed by atoms with Crippen LogP contribution in [0.4, 0.5) is 0 Å². The van der Waals surface area contributed by atoms with Gasteiger partial charge in [0.1, 0.15) is 0 Å². The molecule has 2 N–H and O–H groups in total. The summed E-state index contributed by atoms with van der Waals surface area (Å²) in [6.07, 6.45) is 8.54. The monoisotopic (exact) mass is 268 g/mol. The van der Waals surface area contributed by atoms with Gasteiger partial charge in [0.2, 0.25) is 5.91 Å². The van der Waals surface area contributed by atoms with Gasteiger partial charge in [-0.15, -0.1) is 0 Å². The minimum Gasteiger partial charge on any atom is -0.393 e. The number of piperidine rings is 1. The smallest absolute Gasteiger partial charge is 0.220 e. The van der Waals surface area contributed by atoms with E-state index in [9.17, 15) is 9.90 Å². The fourth-order valence-electron chi connectivity index (χ4n) is 3.22. The lowest BCUT2D eigenvalue weighted by molar-refractivity contribution is -0.122. The highest BCUT2D eigenvalue weighted by Crippen LogP contribution is 2.27. The summed E-state index contributed by atoms with van der Waals surface area (Å²) in [5, 5.41) is 12.5. The normalized spacial score (nSPS) is 22.8. The lowest BCUT2D eigenvalue weighted by atomic mass is 10.0. The van der Waals surface area contributed by atoms with E-state index in [1.807, 2.05) is 0 Å². The van der Waals surface area contributed by atoms with Crippen molar-refractivity contribution in [2.45, 2.75) is 57.5 Å². The van der Waals surface area contributed by atoms with Crippen LogP contribution in [0.3, 0.4) is 0 Å². The number of aliphatic hydroxyl groups excluding tert-OH is 1. The standard InChI is InChI=1S/C15H28N2O2/c18-14-6-10-17(11-7-14)9-3-8-16-15(19)12-13-4-1-2-5-13/h13-14,18H,1-12H2,(H,16,19). The average molecular weight is 268 g/mol. The number of nitrogens with zero attached hydrogens (tertiary/aromatic N) is 1. The van der Waals surface area contributed by atoms with Crippen LogP contribution in [0.15, 0.2) is 0 Å². The van der Waals surface area contributed by atoms with Crippen molar-refractivity contribution in [1.29, 1.82) is 0 Å². The highest BCUT2D eigenvalue weighted by molar-refractivity contribution is 5.76. The van der Waals surface area contributed by atoms with E-state index < -0.39 is 0 Å². The van der Waals surface area contributed by atoms with Crippen molar-refractivity contribution < 1.29 is 9.90 Å². The number of nitrogens with one attached hydrogen (secondary N) is 1. The molecule has 110 valence electrons. The Morgan fingerprint density at radius 1 is 1.16 bits per heavy atom. The molecule has 1 aliphatic carbocycles. The molecule has 0 bridgehead atoms. The Bertz CT molecular complexity index is 269. The zero-order chi connectivity index (χ0) is 13.5. The topological polar surface area (TPSA) is 52.6 Å². The van der Waals surface area contributed by atoms with Crippen LogP contribution in [0, 0.1) is 5.92 Å². The van der Waals surface area contributed by atoms with Crippen molar-refractivity contribution in [3.63, 3.8) is 0 Å². The Kier molecular flexibility index (Phi) is 6.11. The second-order valence-corrected chi connectivity index (χ2v) is 6.13. The Hall–Kier alpha value is -0.610. The van der Waals surface area contributed by atoms with Crippen LogP contribution >= 0.6 is 0 Å². The van der Waals surface area contributed by atoms with Gasteiger partial charge in [0, 0.05) is 26.1 Å². The van der Waals surface area contributed by atoms with Crippen LogP contribution < -0.4 is 5.32 Å². The summed E-state index contributed by atoms with van der Waals surface area (Å²) in [5.41, 5.74) is 0. The summed E-state index contributed by atoms with van der Waals surface area (Å²) in [5.74, 6) is 0.879. The van der Waals surface area contributed by atoms with Crippen molar-refractivity contribution >= 4 is 5.91 Å². The van der Waals surface area contributed by atoms with Crippen LogP contribution in [0.5, 0.6) is 0 Å². The van der Waals surface area contributed by atoms with Crippen LogP contribution in [-0.4, -0.2) is 48.2 Å². The molecule has 1 saturated heterocycles. The molecule has 0 aromatic carbocycles. The third kappa shape index (κ3) is 5.49. The molecule has 1 heterocycles. The maximum atomic E-state index is 11.7. The zero-order valence-corrected chi connectivity index (χ0v) is 11.9. The van der Waals surface area contributed by atoms with E-state index in [-0.39, 0.29) is 12.0 Å². The Labute approximate surface area is 116 Å². The Balaban J connectivity index is 1.48. The fourth-order valence-corrected chi connectivity index (χ4v) is 3.22. The van der Waals surface area contributed by atoms with Crippen molar-refractivity contribution in [3.8, 4) is 0 Å². The van der Waals surface area contributed by atoms with Crippen LogP contribution in [0.1, 0.15) is 51.4 Å². The number of hydrogen-bond acceptors (Lipinski definition) is 3. The Morgan fingerprint density at radius 3 is 2.53 bits per heavy atom. The van der Waals surface area contributed by atoms with Gasteiger partial charge in [-0.05, 0) is 44.6 Å². The van der Waals surface area contributed by atoms with E-state index in [2.05, 4.69) is 10.2 Å². The summed E-state index contributed by atoms with van der Waals surface area (Å²) in [6, 6.07) is 0.